The van der Waals surface area contributed by atoms with Gasteiger partial charge in [0.2, 0.25) is 5.91 Å². The van der Waals surface area contributed by atoms with E-state index in [1.54, 1.807) is 24.3 Å². The molecule has 2 rings (SSSR count). The molecule has 1 aromatic rings. The molecule has 1 aliphatic carbocycles. The molecule has 108 valence electrons. The van der Waals surface area contributed by atoms with E-state index >= 15 is 0 Å². The van der Waals surface area contributed by atoms with Gasteiger partial charge in [-0.05, 0) is 37.0 Å². The first-order valence-electron chi connectivity index (χ1n) is 7.23. The lowest BCUT2D eigenvalue weighted by atomic mass is 10.1. The fourth-order valence-corrected chi connectivity index (χ4v) is 2.27. The van der Waals surface area contributed by atoms with Crippen molar-refractivity contribution in [2.24, 2.45) is 0 Å². The molecule has 20 heavy (non-hydrogen) atoms. The summed E-state index contributed by atoms with van der Waals surface area (Å²) in [4.78, 5) is 25.1. The second kappa shape index (κ2) is 6.55. The number of hydrogen-bond donors (Lipinski definition) is 1. The molecule has 1 saturated carbocycles. The van der Waals surface area contributed by atoms with E-state index in [0.29, 0.717) is 12.5 Å². The zero-order valence-electron chi connectivity index (χ0n) is 11.8. The van der Waals surface area contributed by atoms with E-state index in [9.17, 15) is 9.59 Å². The molecular formula is C16H21NO3. The van der Waals surface area contributed by atoms with Gasteiger partial charge in [-0.2, -0.15) is 0 Å². The van der Waals surface area contributed by atoms with Gasteiger partial charge in [-0.15, -0.1) is 0 Å². The number of unbranched alkanes of at least 4 members (excludes halogenated alkanes) is 1. The highest BCUT2D eigenvalue weighted by Crippen LogP contribution is 2.27. The van der Waals surface area contributed by atoms with Gasteiger partial charge in [-0.3, -0.25) is 4.79 Å². The molecule has 0 aromatic heterocycles. The molecule has 1 N–H and O–H groups in total. The Hall–Kier alpha value is -1.84. The summed E-state index contributed by atoms with van der Waals surface area (Å²) in [6, 6.07) is 7.00. The van der Waals surface area contributed by atoms with Crippen LogP contribution in [0.2, 0.25) is 0 Å². The molecule has 1 fully saturated rings. The second-order valence-electron chi connectivity index (χ2n) is 5.35. The second-order valence-corrected chi connectivity index (χ2v) is 5.35. The monoisotopic (exact) mass is 275 g/mol. The molecular weight excluding hydrogens is 254 g/mol. The van der Waals surface area contributed by atoms with Gasteiger partial charge in [-0.1, -0.05) is 25.5 Å². The Morgan fingerprint density at radius 1 is 1.25 bits per heavy atom. The van der Waals surface area contributed by atoms with Crippen molar-refractivity contribution in [3.63, 3.8) is 0 Å². The lowest BCUT2D eigenvalue weighted by Crippen LogP contribution is -2.35. The first-order valence-corrected chi connectivity index (χ1v) is 7.23. The normalized spacial score (nSPS) is 14.1. The molecule has 0 saturated heterocycles. The molecule has 0 unspecified atom stereocenters. The van der Waals surface area contributed by atoms with Crippen LogP contribution in [0.4, 0.5) is 0 Å². The maximum absolute atomic E-state index is 12.3. The molecule has 0 bridgehead atoms. The van der Waals surface area contributed by atoms with Gasteiger partial charge < -0.3 is 10.0 Å². The third-order valence-corrected chi connectivity index (χ3v) is 3.62. The van der Waals surface area contributed by atoms with Crippen LogP contribution in [0.3, 0.4) is 0 Å². The summed E-state index contributed by atoms with van der Waals surface area (Å²) in [5, 5.41) is 8.85. The number of carboxylic acids is 1. The minimum atomic E-state index is -0.939. The van der Waals surface area contributed by atoms with E-state index in [-0.39, 0.29) is 11.5 Å². The van der Waals surface area contributed by atoms with Crippen molar-refractivity contribution in [3.8, 4) is 0 Å². The molecule has 4 nitrogen and oxygen atoms in total. The Labute approximate surface area is 119 Å². The van der Waals surface area contributed by atoms with Crippen molar-refractivity contribution in [3.05, 3.63) is 35.4 Å². The molecule has 0 spiro atoms. The van der Waals surface area contributed by atoms with Gasteiger partial charge in [-0.25, -0.2) is 4.79 Å². The summed E-state index contributed by atoms with van der Waals surface area (Å²) in [6.07, 6.45) is 4.73. The standard InChI is InChI=1S/C16H21NO3/c1-2-3-10-17(14-8-9-14)15(18)11-12-4-6-13(7-5-12)16(19)20/h4-7,14H,2-3,8-11H2,1H3,(H,19,20). The van der Waals surface area contributed by atoms with E-state index < -0.39 is 5.97 Å². The lowest BCUT2D eigenvalue weighted by Gasteiger charge is -2.22. The Bertz CT molecular complexity index is 477. The predicted octanol–water partition coefficient (Wildman–Crippen LogP) is 2.72. The highest BCUT2D eigenvalue weighted by Gasteiger charge is 2.31. The van der Waals surface area contributed by atoms with Crippen molar-refractivity contribution in [1.29, 1.82) is 0 Å². The molecule has 1 amide bonds. The van der Waals surface area contributed by atoms with Crippen LogP contribution in [-0.2, 0) is 11.2 Å². The summed E-state index contributed by atoms with van der Waals surface area (Å²) in [5.74, 6) is -0.783. The summed E-state index contributed by atoms with van der Waals surface area (Å²) in [7, 11) is 0. The smallest absolute Gasteiger partial charge is 0.335 e. The van der Waals surface area contributed by atoms with E-state index in [2.05, 4.69) is 6.92 Å². The van der Waals surface area contributed by atoms with E-state index in [0.717, 1.165) is 37.8 Å². The zero-order chi connectivity index (χ0) is 14.5. The summed E-state index contributed by atoms with van der Waals surface area (Å²) < 4.78 is 0. The number of carbonyl (C=O) groups is 2. The first kappa shape index (κ1) is 14.6. The predicted molar refractivity (Wildman–Crippen MR) is 76.7 cm³/mol. The van der Waals surface area contributed by atoms with Gasteiger partial charge in [0.15, 0.2) is 0 Å². The Morgan fingerprint density at radius 2 is 1.90 bits per heavy atom. The van der Waals surface area contributed by atoms with Gasteiger partial charge in [0.05, 0.1) is 12.0 Å². The van der Waals surface area contributed by atoms with Gasteiger partial charge >= 0.3 is 5.97 Å². The number of amides is 1. The third kappa shape index (κ3) is 3.83. The average Bonchev–Trinajstić information content (AvgIpc) is 3.24. The quantitative estimate of drug-likeness (QED) is 0.832. The molecule has 0 radical (unpaired) electrons. The number of benzene rings is 1. The highest BCUT2D eigenvalue weighted by molar-refractivity contribution is 5.87. The number of hydrogen-bond acceptors (Lipinski definition) is 2. The number of carboxylic acid groups (broad SMARTS) is 1. The molecule has 0 atom stereocenters. The Morgan fingerprint density at radius 3 is 2.40 bits per heavy atom. The van der Waals surface area contributed by atoms with Crippen LogP contribution < -0.4 is 0 Å². The van der Waals surface area contributed by atoms with E-state index in [4.69, 9.17) is 5.11 Å². The molecule has 0 heterocycles. The summed E-state index contributed by atoms with van der Waals surface area (Å²) >= 11 is 0. The van der Waals surface area contributed by atoms with Crippen LogP contribution in [0.25, 0.3) is 0 Å². The topological polar surface area (TPSA) is 57.6 Å². The number of aromatic carboxylic acids is 1. The van der Waals surface area contributed by atoms with Crippen molar-refractivity contribution in [2.45, 2.75) is 45.1 Å². The van der Waals surface area contributed by atoms with Gasteiger partial charge in [0, 0.05) is 12.6 Å². The third-order valence-electron chi connectivity index (χ3n) is 3.62. The van der Waals surface area contributed by atoms with Crippen molar-refractivity contribution >= 4 is 11.9 Å². The van der Waals surface area contributed by atoms with Crippen LogP contribution in [0.15, 0.2) is 24.3 Å². The van der Waals surface area contributed by atoms with Crippen LogP contribution in [0.5, 0.6) is 0 Å². The Balaban J connectivity index is 1.96. The number of nitrogens with zero attached hydrogens (tertiary/aromatic N) is 1. The fourth-order valence-electron chi connectivity index (χ4n) is 2.27. The first-order chi connectivity index (χ1) is 9.61. The van der Waals surface area contributed by atoms with Gasteiger partial charge in [0.1, 0.15) is 0 Å². The van der Waals surface area contributed by atoms with E-state index in [1.165, 1.54) is 0 Å². The van der Waals surface area contributed by atoms with Crippen LogP contribution >= 0.6 is 0 Å². The largest absolute Gasteiger partial charge is 0.478 e. The maximum atomic E-state index is 12.3. The SMILES string of the molecule is CCCCN(C(=O)Cc1ccc(C(=O)O)cc1)C1CC1. The minimum Gasteiger partial charge on any atom is -0.478 e. The van der Waals surface area contributed by atoms with Crippen LogP contribution in [-0.4, -0.2) is 34.5 Å². The van der Waals surface area contributed by atoms with Crippen LogP contribution in [0, 0.1) is 0 Å². The Kier molecular flexibility index (Phi) is 4.77. The average molecular weight is 275 g/mol. The number of rotatable bonds is 7. The summed E-state index contributed by atoms with van der Waals surface area (Å²) in [5.41, 5.74) is 1.13. The van der Waals surface area contributed by atoms with Crippen molar-refractivity contribution in [1.82, 2.24) is 4.90 Å². The zero-order valence-corrected chi connectivity index (χ0v) is 11.8. The number of carbonyl (C=O) groups excluding carboxylic acids is 1. The lowest BCUT2D eigenvalue weighted by molar-refractivity contribution is -0.131. The van der Waals surface area contributed by atoms with Gasteiger partial charge in [0.25, 0.3) is 0 Å². The van der Waals surface area contributed by atoms with E-state index in [1.807, 2.05) is 4.90 Å². The van der Waals surface area contributed by atoms with Crippen molar-refractivity contribution < 1.29 is 14.7 Å². The fraction of sp³-hybridized carbons (Fsp3) is 0.500. The minimum absolute atomic E-state index is 0.157. The summed E-state index contributed by atoms with van der Waals surface area (Å²) in [6.45, 7) is 2.97. The van der Waals surface area contributed by atoms with Crippen LogP contribution in [0.1, 0.15) is 48.5 Å². The molecule has 0 aliphatic heterocycles. The molecule has 1 aromatic carbocycles. The molecule has 1 aliphatic rings. The maximum Gasteiger partial charge on any atom is 0.335 e. The molecule has 4 heteroatoms. The van der Waals surface area contributed by atoms with Crippen molar-refractivity contribution in [2.75, 3.05) is 6.54 Å². The highest BCUT2D eigenvalue weighted by atomic mass is 16.4.